The normalized spacial score (nSPS) is 10.3. The molecule has 1 heterocycles. The Bertz CT molecular complexity index is 553. The van der Waals surface area contributed by atoms with E-state index < -0.39 is 0 Å². The quantitative estimate of drug-likeness (QED) is 0.805. The SMILES string of the molecule is O=C(COc1cccc(Cl)c1)Cc1cc(Br)cs1. The van der Waals surface area contributed by atoms with Crippen molar-refractivity contribution in [3.63, 3.8) is 0 Å². The zero-order chi connectivity index (χ0) is 13.0. The maximum atomic E-state index is 11.7. The van der Waals surface area contributed by atoms with Gasteiger partial charge in [0.15, 0.2) is 5.78 Å². The first-order valence-corrected chi connectivity index (χ1v) is 7.31. The van der Waals surface area contributed by atoms with Gasteiger partial charge in [-0.2, -0.15) is 0 Å². The van der Waals surface area contributed by atoms with Crippen LogP contribution in [0.25, 0.3) is 0 Å². The Morgan fingerprint density at radius 3 is 2.89 bits per heavy atom. The van der Waals surface area contributed by atoms with Crippen molar-refractivity contribution in [2.45, 2.75) is 6.42 Å². The standard InChI is InChI=1S/C13H10BrClO2S/c14-9-4-13(18-8-9)6-11(16)7-17-12-3-1-2-10(15)5-12/h1-5,8H,6-7H2. The van der Waals surface area contributed by atoms with E-state index in [1.165, 1.54) is 0 Å². The minimum Gasteiger partial charge on any atom is -0.486 e. The van der Waals surface area contributed by atoms with Gasteiger partial charge in [-0.25, -0.2) is 0 Å². The molecule has 2 rings (SSSR count). The lowest BCUT2D eigenvalue weighted by atomic mass is 10.2. The summed E-state index contributed by atoms with van der Waals surface area (Å²) in [5.41, 5.74) is 0. The van der Waals surface area contributed by atoms with Crippen LogP contribution < -0.4 is 4.74 Å². The number of Topliss-reactive ketones (excluding diaryl/α,β-unsaturated/α-hetero) is 1. The Kier molecular flexibility index (Phi) is 4.80. The van der Waals surface area contributed by atoms with E-state index in [0.29, 0.717) is 17.2 Å². The molecule has 0 saturated heterocycles. The van der Waals surface area contributed by atoms with E-state index in [2.05, 4.69) is 15.9 Å². The van der Waals surface area contributed by atoms with Crippen LogP contribution in [-0.4, -0.2) is 12.4 Å². The summed E-state index contributed by atoms with van der Waals surface area (Å²) in [7, 11) is 0. The molecule has 0 radical (unpaired) electrons. The van der Waals surface area contributed by atoms with Gasteiger partial charge in [-0.15, -0.1) is 11.3 Å². The summed E-state index contributed by atoms with van der Waals surface area (Å²) in [6, 6.07) is 8.97. The molecule has 94 valence electrons. The van der Waals surface area contributed by atoms with Crippen molar-refractivity contribution >= 4 is 44.7 Å². The predicted molar refractivity (Wildman–Crippen MR) is 77.7 cm³/mol. The number of thiophene rings is 1. The topological polar surface area (TPSA) is 26.3 Å². The van der Waals surface area contributed by atoms with E-state index in [1.807, 2.05) is 11.4 Å². The highest BCUT2D eigenvalue weighted by molar-refractivity contribution is 9.10. The van der Waals surface area contributed by atoms with Crippen LogP contribution in [0.5, 0.6) is 5.75 Å². The molecular formula is C13H10BrClO2S. The van der Waals surface area contributed by atoms with Gasteiger partial charge in [-0.05, 0) is 40.2 Å². The molecule has 0 N–H and O–H groups in total. The second kappa shape index (κ2) is 6.36. The Morgan fingerprint density at radius 2 is 2.22 bits per heavy atom. The van der Waals surface area contributed by atoms with Gasteiger partial charge in [0.1, 0.15) is 12.4 Å². The van der Waals surface area contributed by atoms with Gasteiger partial charge in [-0.3, -0.25) is 4.79 Å². The second-order valence-corrected chi connectivity index (χ2v) is 6.04. The van der Waals surface area contributed by atoms with E-state index in [9.17, 15) is 4.79 Å². The van der Waals surface area contributed by atoms with Crippen molar-refractivity contribution in [3.05, 3.63) is 50.1 Å². The van der Waals surface area contributed by atoms with Crippen LogP contribution in [0, 0.1) is 0 Å². The molecule has 18 heavy (non-hydrogen) atoms. The average Bonchev–Trinajstić information content (AvgIpc) is 2.72. The monoisotopic (exact) mass is 344 g/mol. The molecule has 1 aromatic carbocycles. The highest BCUT2D eigenvalue weighted by atomic mass is 79.9. The predicted octanol–water partition coefficient (Wildman–Crippen LogP) is 4.35. The fourth-order valence-corrected chi connectivity index (χ4v) is 3.07. The zero-order valence-electron chi connectivity index (χ0n) is 9.36. The van der Waals surface area contributed by atoms with Gasteiger partial charge in [-0.1, -0.05) is 17.7 Å². The van der Waals surface area contributed by atoms with Crippen LogP contribution >= 0.6 is 38.9 Å². The Labute approximate surface area is 123 Å². The first-order valence-electron chi connectivity index (χ1n) is 5.26. The number of carbonyl (C=O) groups excluding carboxylic acids is 1. The minimum absolute atomic E-state index is 0.0457. The number of ketones is 1. The number of rotatable bonds is 5. The Balaban J connectivity index is 1.85. The molecule has 0 amide bonds. The first kappa shape index (κ1) is 13.6. The molecule has 0 aliphatic heterocycles. The van der Waals surface area contributed by atoms with E-state index in [-0.39, 0.29) is 12.4 Å². The highest BCUT2D eigenvalue weighted by Crippen LogP contribution is 2.21. The Morgan fingerprint density at radius 1 is 1.39 bits per heavy atom. The summed E-state index contributed by atoms with van der Waals surface area (Å²) in [6.45, 7) is 0.0653. The average molecular weight is 346 g/mol. The molecule has 2 nitrogen and oxygen atoms in total. The lowest BCUT2D eigenvalue weighted by Crippen LogP contribution is -2.13. The lowest BCUT2D eigenvalue weighted by molar-refractivity contribution is -0.120. The van der Waals surface area contributed by atoms with Gasteiger partial charge < -0.3 is 4.74 Å². The smallest absolute Gasteiger partial charge is 0.175 e. The summed E-state index contributed by atoms with van der Waals surface area (Å²) in [5, 5.41) is 2.56. The van der Waals surface area contributed by atoms with Crippen molar-refractivity contribution in [1.29, 1.82) is 0 Å². The Hall–Kier alpha value is -0.840. The molecule has 0 atom stereocenters. The van der Waals surface area contributed by atoms with Crippen LogP contribution in [0.2, 0.25) is 5.02 Å². The van der Waals surface area contributed by atoms with Gasteiger partial charge in [0, 0.05) is 26.2 Å². The molecule has 0 spiro atoms. The minimum atomic E-state index is 0.0457. The molecule has 0 aliphatic carbocycles. The fourth-order valence-electron chi connectivity index (χ4n) is 1.41. The van der Waals surface area contributed by atoms with Gasteiger partial charge in [0.2, 0.25) is 0 Å². The van der Waals surface area contributed by atoms with Crippen LogP contribution in [0.1, 0.15) is 4.88 Å². The van der Waals surface area contributed by atoms with Crippen LogP contribution in [0.4, 0.5) is 0 Å². The summed E-state index contributed by atoms with van der Waals surface area (Å²) >= 11 is 10.7. The van der Waals surface area contributed by atoms with Gasteiger partial charge >= 0.3 is 0 Å². The molecule has 2 aromatic rings. The van der Waals surface area contributed by atoms with Gasteiger partial charge in [0.25, 0.3) is 0 Å². The van der Waals surface area contributed by atoms with Crippen LogP contribution in [0.3, 0.4) is 0 Å². The van der Waals surface area contributed by atoms with Crippen LogP contribution in [-0.2, 0) is 11.2 Å². The van der Waals surface area contributed by atoms with Crippen molar-refractivity contribution in [3.8, 4) is 5.75 Å². The van der Waals surface area contributed by atoms with Crippen molar-refractivity contribution in [2.75, 3.05) is 6.61 Å². The largest absolute Gasteiger partial charge is 0.486 e. The molecule has 0 unspecified atom stereocenters. The summed E-state index contributed by atoms with van der Waals surface area (Å²) in [5.74, 6) is 0.660. The number of hydrogen-bond donors (Lipinski definition) is 0. The molecule has 0 aliphatic rings. The van der Waals surface area contributed by atoms with E-state index >= 15 is 0 Å². The fraction of sp³-hybridized carbons (Fsp3) is 0.154. The molecule has 0 saturated carbocycles. The third kappa shape index (κ3) is 4.12. The third-order valence-corrected chi connectivity index (χ3v) is 4.12. The van der Waals surface area contributed by atoms with Crippen molar-refractivity contribution in [1.82, 2.24) is 0 Å². The molecule has 0 fully saturated rings. The van der Waals surface area contributed by atoms with E-state index in [4.69, 9.17) is 16.3 Å². The van der Waals surface area contributed by atoms with E-state index in [0.717, 1.165) is 9.35 Å². The van der Waals surface area contributed by atoms with E-state index in [1.54, 1.807) is 35.6 Å². The number of halogens is 2. The number of ether oxygens (including phenoxy) is 1. The second-order valence-electron chi connectivity index (χ2n) is 3.69. The third-order valence-electron chi connectivity index (χ3n) is 2.19. The first-order chi connectivity index (χ1) is 8.63. The molecule has 5 heteroatoms. The van der Waals surface area contributed by atoms with Crippen LogP contribution in [0.15, 0.2) is 40.2 Å². The number of benzene rings is 1. The zero-order valence-corrected chi connectivity index (χ0v) is 12.5. The maximum Gasteiger partial charge on any atom is 0.175 e. The lowest BCUT2D eigenvalue weighted by Gasteiger charge is -2.04. The molecule has 0 bridgehead atoms. The summed E-state index contributed by atoms with van der Waals surface area (Å²) < 4.78 is 6.39. The van der Waals surface area contributed by atoms with Crippen molar-refractivity contribution in [2.24, 2.45) is 0 Å². The number of carbonyl (C=O) groups is 1. The highest BCUT2D eigenvalue weighted by Gasteiger charge is 2.07. The number of hydrogen-bond acceptors (Lipinski definition) is 3. The van der Waals surface area contributed by atoms with Crippen molar-refractivity contribution < 1.29 is 9.53 Å². The molecular weight excluding hydrogens is 336 g/mol. The summed E-state index contributed by atoms with van der Waals surface area (Å²) in [6.07, 6.45) is 0.400. The summed E-state index contributed by atoms with van der Waals surface area (Å²) in [4.78, 5) is 12.7. The maximum absolute atomic E-state index is 11.7. The molecule has 1 aromatic heterocycles. The van der Waals surface area contributed by atoms with Gasteiger partial charge in [0.05, 0.1) is 0 Å².